The van der Waals surface area contributed by atoms with Crippen molar-refractivity contribution in [1.82, 2.24) is 14.9 Å². The summed E-state index contributed by atoms with van der Waals surface area (Å²) in [6.07, 6.45) is -0.406. The standard InChI is InChI=1S/C22H17BrCl2FN5O2/c23-17-16(24)10-15-19(18(17)26)28-21(25)29-20(15)30-8-9-31(14(11-30)6-7-27)22(32)33-12-13-4-2-1-3-5-13/h1-5,10,14H,6,8-9,11-12H2/t14-/m1/s1. The van der Waals surface area contributed by atoms with Gasteiger partial charge in [-0.3, -0.25) is 0 Å². The van der Waals surface area contributed by atoms with Crippen molar-refractivity contribution in [3.63, 3.8) is 0 Å². The number of fused-ring (bicyclic) bond motifs is 1. The maximum atomic E-state index is 14.8. The first-order valence-corrected chi connectivity index (χ1v) is 11.5. The van der Waals surface area contributed by atoms with Gasteiger partial charge in [-0.05, 0) is 39.2 Å². The molecule has 11 heteroatoms. The number of anilines is 1. The molecule has 4 rings (SSSR count). The zero-order valence-corrected chi connectivity index (χ0v) is 20.2. The van der Waals surface area contributed by atoms with Gasteiger partial charge in [-0.2, -0.15) is 10.2 Å². The number of carbonyl (C=O) groups is 1. The van der Waals surface area contributed by atoms with Gasteiger partial charge in [-0.15, -0.1) is 0 Å². The summed E-state index contributed by atoms with van der Waals surface area (Å²) in [6.45, 7) is 1.08. The minimum atomic E-state index is -0.639. The van der Waals surface area contributed by atoms with Crippen LogP contribution in [0, 0.1) is 17.1 Å². The van der Waals surface area contributed by atoms with Gasteiger partial charge in [0.15, 0.2) is 5.82 Å². The van der Waals surface area contributed by atoms with Gasteiger partial charge in [0.2, 0.25) is 5.28 Å². The van der Waals surface area contributed by atoms with Crippen LogP contribution in [0.2, 0.25) is 10.3 Å². The molecule has 0 saturated carbocycles. The Kier molecular flexibility index (Phi) is 7.17. The summed E-state index contributed by atoms with van der Waals surface area (Å²) in [5.74, 6) is -0.252. The van der Waals surface area contributed by atoms with E-state index in [1.165, 1.54) is 4.90 Å². The molecule has 3 aromatic rings. The molecule has 0 radical (unpaired) electrons. The van der Waals surface area contributed by atoms with Crippen molar-refractivity contribution >= 4 is 61.9 Å². The van der Waals surface area contributed by atoms with Gasteiger partial charge in [0.1, 0.15) is 17.9 Å². The van der Waals surface area contributed by atoms with Crippen LogP contribution in [0.1, 0.15) is 12.0 Å². The van der Waals surface area contributed by atoms with Crippen LogP contribution in [-0.4, -0.2) is 46.6 Å². The molecule has 1 atom stereocenters. The third kappa shape index (κ3) is 4.98. The van der Waals surface area contributed by atoms with Gasteiger partial charge >= 0.3 is 6.09 Å². The van der Waals surface area contributed by atoms with Crippen molar-refractivity contribution in [2.24, 2.45) is 0 Å². The van der Waals surface area contributed by atoms with Crippen LogP contribution in [0.4, 0.5) is 15.0 Å². The van der Waals surface area contributed by atoms with Crippen LogP contribution in [0.15, 0.2) is 40.9 Å². The lowest BCUT2D eigenvalue weighted by Crippen LogP contribution is -2.55. The quantitative estimate of drug-likeness (QED) is 0.310. The van der Waals surface area contributed by atoms with Crippen LogP contribution in [0.25, 0.3) is 10.9 Å². The van der Waals surface area contributed by atoms with Crippen LogP contribution in [0.3, 0.4) is 0 Å². The SMILES string of the molecule is N#CC[C@@H]1CN(c2nc(Cl)nc3c(F)c(Br)c(Cl)cc23)CCN1C(=O)OCc1ccccc1. The highest BCUT2D eigenvalue weighted by molar-refractivity contribution is 9.10. The van der Waals surface area contributed by atoms with Crippen molar-refractivity contribution in [2.75, 3.05) is 24.5 Å². The molecular weight excluding hydrogens is 536 g/mol. The smallest absolute Gasteiger partial charge is 0.410 e. The summed E-state index contributed by atoms with van der Waals surface area (Å²) in [4.78, 5) is 24.4. The Balaban J connectivity index is 1.58. The molecule has 0 N–H and O–H groups in total. The molecule has 2 aromatic carbocycles. The summed E-state index contributed by atoms with van der Waals surface area (Å²) >= 11 is 15.4. The van der Waals surface area contributed by atoms with E-state index in [-0.39, 0.29) is 46.4 Å². The number of halogens is 4. The maximum absolute atomic E-state index is 14.8. The average molecular weight is 553 g/mol. The van der Waals surface area contributed by atoms with Crippen molar-refractivity contribution in [3.05, 3.63) is 62.6 Å². The number of aromatic nitrogens is 2. The van der Waals surface area contributed by atoms with E-state index in [1.54, 1.807) is 6.07 Å². The number of hydrogen-bond acceptors (Lipinski definition) is 6. The Hall–Kier alpha value is -2.67. The van der Waals surface area contributed by atoms with E-state index in [9.17, 15) is 14.4 Å². The molecule has 7 nitrogen and oxygen atoms in total. The number of piperazine rings is 1. The van der Waals surface area contributed by atoms with Crippen molar-refractivity contribution in [1.29, 1.82) is 5.26 Å². The number of amides is 1. The normalized spacial score (nSPS) is 16.0. The lowest BCUT2D eigenvalue weighted by atomic mass is 10.1. The minimum absolute atomic E-state index is 0.0304. The highest BCUT2D eigenvalue weighted by atomic mass is 79.9. The topological polar surface area (TPSA) is 82.4 Å². The fourth-order valence-electron chi connectivity index (χ4n) is 3.74. The van der Waals surface area contributed by atoms with Crippen molar-refractivity contribution in [2.45, 2.75) is 19.1 Å². The molecule has 1 aliphatic heterocycles. The zero-order chi connectivity index (χ0) is 23.5. The van der Waals surface area contributed by atoms with Crippen LogP contribution >= 0.6 is 39.1 Å². The largest absolute Gasteiger partial charge is 0.445 e. The molecule has 170 valence electrons. The first-order chi connectivity index (χ1) is 15.9. The highest BCUT2D eigenvalue weighted by Crippen LogP contribution is 2.36. The van der Waals surface area contributed by atoms with Crippen LogP contribution in [0.5, 0.6) is 0 Å². The maximum Gasteiger partial charge on any atom is 0.410 e. The van der Waals surface area contributed by atoms with Gasteiger partial charge in [0, 0.05) is 25.0 Å². The second-order valence-corrected chi connectivity index (χ2v) is 8.93. The second-order valence-electron chi connectivity index (χ2n) is 7.39. The number of nitrogens with zero attached hydrogens (tertiary/aromatic N) is 5. The molecule has 0 unspecified atom stereocenters. The number of carbonyl (C=O) groups excluding carboxylic acids is 1. The van der Waals surface area contributed by atoms with Gasteiger partial charge in [0.05, 0.1) is 28.0 Å². The number of nitriles is 1. The van der Waals surface area contributed by atoms with Gasteiger partial charge in [-0.25, -0.2) is 14.2 Å². The number of hydrogen-bond donors (Lipinski definition) is 0. The van der Waals surface area contributed by atoms with Gasteiger partial charge in [0.25, 0.3) is 0 Å². The first kappa shape index (κ1) is 23.5. The Morgan fingerprint density at radius 3 is 2.76 bits per heavy atom. The fraction of sp³-hybridized carbons (Fsp3) is 0.273. The molecule has 2 heterocycles. The summed E-state index contributed by atoms with van der Waals surface area (Å²) in [5, 5.41) is 9.78. The summed E-state index contributed by atoms with van der Waals surface area (Å²) < 4.78 is 20.3. The van der Waals surface area contributed by atoms with E-state index in [0.717, 1.165) is 5.56 Å². The lowest BCUT2D eigenvalue weighted by molar-refractivity contribution is 0.0768. The molecule has 1 aliphatic rings. The number of ether oxygens (including phenoxy) is 1. The molecule has 1 amide bonds. The van der Waals surface area contributed by atoms with Crippen molar-refractivity contribution in [3.8, 4) is 6.07 Å². The van der Waals surface area contributed by atoms with Crippen LogP contribution in [-0.2, 0) is 11.3 Å². The second kappa shape index (κ2) is 10.1. The van der Waals surface area contributed by atoms with E-state index in [1.807, 2.05) is 35.2 Å². The minimum Gasteiger partial charge on any atom is -0.445 e. The number of benzene rings is 2. The van der Waals surface area contributed by atoms with E-state index in [0.29, 0.717) is 17.7 Å². The Bertz CT molecular complexity index is 1240. The molecule has 1 fully saturated rings. The molecule has 0 aliphatic carbocycles. The molecule has 1 saturated heterocycles. The molecule has 0 bridgehead atoms. The summed E-state index contributed by atoms with van der Waals surface area (Å²) in [6, 6.07) is 12.6. The zero-order valence-electron chi connectivity index (χ0n) is 17.1. The summed E-state index contributed by atoms with van der Waals surface area (Å²) in [5.41, 5.74) is 0.899. The molecular formula is C22H17BrCl2FN5O2. The van der Waals surface area contributed by atoms with Gasteiger partial charge in [-0.1, -0.05) is 41.9 Å². The summed E-state index contributed by atoms with van der Waals surface area (Å²) in [7, 11) is 0. The predicted octanol–water partition coefficient (Wildman–Crippen LogP) is 5.58. The van der Waals surface area contributed by atoms with E-state index in [4.69, 9.17) is 27.9 Å². The van der Waals surface area contributed by atoms with Crippen LogP contribution < -0.4 is 4.90 Å². The number of rotatable bonds is 4. The molecule has 33 heavy (non-hydrogen) atoms. The fourth-order valence-corrected chi connectivity index (χ4v) is 4.40. The highest BCUT2D eigenvalue weighted by Gasteiger charge is 2.33. The Morgan fingerprint density at radius 2 is 2.03 bits per heavy atom. The molecule has 1 aromatic heterocycles. The van der Waals surface area contributed by atoms with Gasteiger partial charge < -0.3 is 14.5 Å². The van der Waals surface area contributed by atoms with E-state index in [2.05, 4.69) is 32.0 Å². The third-order valence-electron chi connectivity index (χ3n) is 5.33. The monoisotopic (exact) mass is 551 g/mol. The van der Waals surface area contributed by atoms with Crippen molar-refractivity contribution < 1.29 is 13.9 Å². The lowest BCUT2D eigenvalue weighted by Gasteiger charge is -2.40. The predicted molar refractivity (Wildman–Crippen MR) is 127 cm³/mol. The van der Waals surface area contributed by atoms with E-state index < -0.39 is 18.0 Å². The Labute approximate surface area is 207 Å². The Morgan fingerprint density at radius 1 is 1.27 bits per heavy atom. The first-order valence-electron chi connectivity index (χ1n) is 9.99. The molecule has 0 spiro atoms. The third-order valence-corrected chi connectivity index (χ3v) is 6.80. The van der Waals surface area contributed by atoms with E-state index >= 15 is 0 Å². The average Bonchev–Trinajstić information content (AvgIpc) is 2.82.